The summed E-state index contributed by atoms with van der Waals surface area (Å²) in [7, 11) is 0. The second-order valence-corrected chi connectivity index (χ2v) is 3.55. The number of aliphatic carboxylic acids is 1. The van der Waals surface area contributed by atoms with Crippen LogP contribution in [0.25, 0.3) is 0 Å². The molecule has 3 N–H and O–H groups in total. The van der Waals surface area contributed by atoms with Crippen molar-refractivity contribution >= 4 is 17.9 Å². The number of nitrogens with one attached hydrogen (secondary N) is 2. The largest absolute Gasteiger partial charge is 0.478 e. The number of carbonyl (C=O) groups excluding carboxylic acids is 2. The Morgan fingerprint density at radius 2 is 1.76 bits per heavy atom. The number of imide groups is 1. The van der Waals surface area contributed by atoms with Crippen LogP contribution in [0.4, 0.5) is 4.79 Å². The first kappa shape index (κ1) is 15.2. The highest BCUT2D eigenvalue weighted by molar-refractivity contribution is 6.02. The minimum Gasteiger partial charge on any atom is -0.478 e. The number of hydrogen-bond donors (Lipinski definition) is 3. The van der Waals surface area contributed by atoms with Crippen LogP contribution in [0.1, 0.15) is 26.7 Å². The monoisotopic (exact) mass is 242 g/mol. The van der Waals surface area contributed by atoms with Crippen molar-refractivity contribution in [3.8, 4) is 0 Å². The molecule has 0 rings (SSSR count). The average Bonchev–Trinajstić information content (AvgIpc) is 2.27. The molecule has 6 heteroatoms. The van der Waals surface area contributed by atoms with Gasteiger partial charge in [0.25, 0.3) is 5.91 Å². The first-order chi connectivity index (χ1) is 7.99. The molecule has 0 atom stereocenters. The highest BCUT2D eigenvalue weighted by atomic mass is 16.4. The molecule has 0 aliphatic carbocycles. The molecule has 17 heavy (non-hydrogen) atoms. The Balaban J connectivity index is 3.94. The number of carboxylic acids is 1. The Labute approximate surface area is 100 Å². The van der Waals surface area contributed by atoms with Crippen LogP contribution in [0, 0.1) is 5.92 Å². The zero-order valence-corrected chi connectivity index (χ0v) is 10.0. The maximum atomic E-state index is 11.2. The van der Waals surface area contributed by atoms with E-state index < -0.39 is 17.9 Å². The minimum atomic E-state index is -1.24. The molecule has 0 unspecified atom stereocenters. The summed E-state index contributed by atoms with van der Waals surface area (Å²) in [6.45, 7) is 4.54. The van der Waals surface area contributed by atoms with Gasteiger partial charge in [0.1, 0.15) is 0 Å². The van der Waals surface area contributed by atoms with E-state index in [1.165, 1.54) is 0 Å². The minimum absolute atomic E-state index is 0.380. The molecule has 6 nitrogen and oxygen atoms in total. The third-order valence-electron chi connectivity index (χ3n) is 2.32. The van der Waals surface area contributed by atoms with E-state index in [0.717, 1.165) is 18.9 Å². The van der Waals surface area contributed by atoms with Crippen LogP contribution in [-0.4, -0.2) is 29.6 Å². The molecule has 0 bridgehead atoms. The molecule has 0 aliphatic rings. The molecular weight excluding hydrogens is 224 g/mol. The van der Waals surface area contributed by atoms with Crippen LogP contribution in [0.2, 0.25) is 0 Å². The lowest BCUT2D eigenvalue weighted by Crippen LogP contribution is -2.40. The molecule has 0 saturated heterocycles. The van der Waals surface area contributed by atoms with E-state index in [1.807, 2.05) is 19.2 Å². The van der Waals surface area contributed by atoms with E-state index in [4.69, 9.17) is 5.11 Å². The van der Waals surface area contributed by atoms with Crippen molar-refractivity contribution in [2.45, 2.75) is 26.7 Å². The number of rotatable bonds is 6. The second kappa shape index (κ2) is 8.32. The van der Waals surface area contributed by atoms with Gasteiger partial charge in [0.15, 0.2) is 0 Å². The van der Waals surface area contributed by atoms with E-state index >= 15 is 0 Å². The lowest BCUT2D eigenvalue weighted by atomic mass is 10.0. The standard InChI is InChI=1S/C11H18N2O4/c1-3-8(4-2)7-12-11(17)13-9(14)5-6-10(15)16/h5-6,8H,3-4,7H2,1-2H3,(H,15,16)(H2,12,13,14,17)/b6-5+. The van der Waals surface area contributed by atoms with Gasteiger partial charge in [-0.3, -0.25) is 10.1 Å². The lowest BCUT2D eigenvalue weighted by Gasteiger charge is -2.12. The number of amides is 3. The highest BCUT2D eigenvalue weighted by Crippen LogP contribution is 2.04. The molecule has 0 aromatic carbocycles. The molecule has 3 amide bonds. The van der Waals surface area contributed by atoms with Gasteiger partial charge < -0.3 is 10.4 Å². The average molecular weight is 242 g/mol. The molecule has 0 aromatic heterocycles. The van der Waals surface area contributed by atoms with Gasteiger partial charge in [-0.2, -0.15) is 0 Å². The van der Waals surface area contributed by atoms with Crippen molar-refractivity contribution in [1.82, 2.24) is 10.6 Å². The van der Waals surface area contributed by atoms with Gasteiger partial charge in [-0.15, -0.1) is 0 Å². The first-order valence-corrected chi connectivity index (χ1v) is 5.49. The van der Waals surface area contributed by atoms with Crippen LogP contribution in [0.15, 0.2) is 12.2 Å². The lowest BCUT2D eigenvalue weighted by molar-refractivity contribution is -0.131. The van der Waals surface area contributed by atoms with E-state index in [9.17, 15) is 14.4 Å². The highest BCUT2D eigenvalue weighted by Gasteiger charge is 2.08. The van der Waals surface area contributed by atoms with Gasteiger partial charge in [-0.1, -0.05) is 26.7 Å². The molecule has 0 aromatic rings. The molecule has 0 fully saturated rings. The van der Waals surface area contributed by atoms with Gasteiger partial charge in [0, 0.05) is 18.7 Å². The van der Waals surface area contributed by atoms with Crippen LogP contribution >= 0.6 is 0 Å². The quantitative estimate of drug-likeness (QED) is 0.603. The maximum Gasteiger partial charge on any atom is 0.328 e. The molecule has 96 valence electrons. The summed E-state index contributed by atoms with van der Waals surface area (Å²) >= 11 is 0. The normalized spacial score (nSPS) is 10.5. The Morgan fingerprint density at radius 1 is 1.18 bits per heavy atom. The summed E-state index contributed by atoms with van der Waals surface area (Å²) in [5.41, 5.74) is 0. The predicted molar refractivity (Wildman–Crippen MR) is 62.4 cm³/mol. The Hall–Kier alpha value is -1.85. The fraction of sp³-hybridized carbons (Fsp3) is 0.545. The smallest absolute Gasteiger partial charge is 0.328 e. The molecule has 0 saturated carbocycles. The van der Waals surface area contributed by atoms with Gasteiger partial charge in [-0.05, 0) is 5.92 Å². The van der Waals surface area contributed by atoms with E-state index in [-0.39, 0.29) is 0 Å². The van der Waals surface area contributed by atoms with Crippen LogP contribution in [-0.2, 0) is 9.59 Å². The predicted octanol–water partition coefficient (Wildman–Crippen LogP) is 0.889. The zero-order valence-electron chi connectivity index (χ0n) is 10.0. The third-order valence-corrected chi connectivity index (χ3v) is 2.32. The van der Waals surface area contributed by atoms with Crippen molar-refractivity contribution in [3.05, 3.63) is 12.2 Å². The molecular formula is C11H18N2O4. The first-order valence-electron chi connectivity index (χ1n) is 5.49. The van der Waals surface area contributed by atoms with Crippen molar-refractivity contribution in [2.75, 3.05) is 6.54 Å². The van der Waals surface area contributed by atoms with Gasteiger partial charge in [0.05, 0.1) is 0 Å². The van der Waals surface area contributed by atoms with Gasteiger partial charge in [-0.25, -0.2) is 9.59 Å². The summed E-state index contributed by atoms with van der Waals surface area (Å²) < 4.78 is 0. The van der Waals surface area contributed by atoms with Crippen molar-refractivity contribution in [2.24, 2.45) is 5.92 Å². The molecule has 0 heterocycles. The third kappa shape index (κ3) is 8.01. The number of carbonyl (C=O) groups is 3. The summed E-state index contributed by atoms with van der Waals surface area (Å²) in [6, 6.07) is -0.614. The van der Waals surface area contributed by atoms with E-state index in [1.54, 1.807) is 0 Å². The summed E-state index contributed by atoms with van der Waals surface area (Å²) in [4.78, 5) is 32.3. The van der Waals surface area contributed by atoms with Gasteiger partial charge in [0.2, 0.25) is 0 Å². The Kier molecular flexibility index (Phi) is 7.41. The molecule has 0 radical (unpaired) electrons. The topological polar surface area (TPSA) is 95.5 Å². The number of hydrogen-bond acceptors (Lipinski definition) is 3. The van der Waals surface area contributed by atoms with E-state index in [0.29, 0.717) is 18.5 Å². The fourth-order valence-electron chi connectivity index (χ4n) is 1.16. The van der Waals surface area contributed by atoms with Crippen LogP contribution < -0.4 is 10.6 Å². The summed E-state index contributed by atoms with van der Waals surface area (Å²) in [5.74, 6) is -1.61. The summed E-state index contributed by atoms with van der Waals surface area (Å²) in [5, 5.41) is 12.8. The zero-order chi connectivity index (χ0) is 13.3. The summed E-state index contributed by atoms with van der Waals surface area (Å²) in [6.07, 6.45) is 3.36. The van der Waals surface area contributed by atoms with Crippen molar-refractivity contribution in [1.29, 1.82) is 0 Å². The van der Waals surface area contributed by atoms with E-state index in [2.05, 4.69) is 5.32 Å². The molecule has 0 aliphatic heterocycles. The second-order valence-electron chi connectivity index (χ2n) is 3.55. The Bertz CT molecular complexity index is 309. The van der Waals surface area contributed by atoms with Crippen molar-refractivity contribution in [3.63, 3.8) is 0 Å². The van der Waals surface area contributed by atoms with Crippen LogP contribution in [0.5, 0.6) is 0 Å². The van der Waals surface area contributed by atoms with Crippen LogP contribution in [0.3, 0.4) is 0 Å². The SMILES string of the molecule is CCC(CC)CNC(=O)NC(=O)/C=C/C(=O)O. The maximum absolute atomic E-state index is 11.2. The van der Waals surface area contributed by atoms with Crippen molar-refractivity contribution < 1.29 is 19.5 Å². The fourth-order valence-corrected chi connectivity index (χ4v) is 1.16. The Morgan fingerprint density at radius 3 is 2.24 bits per heavy atom. The van der Waals surface area contributed by atoms with Gasteiger partial charge >= 0.3 is 12.0 Å². The molecule has 0 spiro atoms. The number of urea groups is 1. The number of carboxylic acid groups (broad SMARTS) is 1.